The first-order chi connectivity index (χ1) is 26.0. The minimum atomic E-state index is -0.445. The molecule has 8 aromatic rings. The topological polar surface area (TPSA) is 25.8 Å². The molecule has 1 spiro atoms. The highest BCUT2D eigenvalue weighted by Gasteiger charge is 2.50. The third kappa shape index (κ3) is 4.29. The molecule has 0 atom stereocenters. The fraction of sp³-hybridized carbons (Fsp3) is 0.0800. The lowest BCUT2D eigenvalue weighted by atomic mass is 9.67. The lowest BCUT2D eigenvalue weighted by molar-refractivity contribution is 0.660. The van der Waals surface area contributed by atoms with Crippen molar-refractivity contribution in [1.82, 2.24) is 9.97 Å². The van der Waals surface area contributed by atoms with Gasteiger partial charge in [0.2, 0.25) is 0 Å². The quantitative estimate of drug-likeness (QED) is 0.184. The van der Waals surface area contributed by atoms with E-state index in [1.807, 2.05) is 17.8 Å². The van der Waals surface area contributed by atoms with Crippen LogP contribution in [0.4, 0.5) is 0 Å². The molecule has 53 heavy (non-hydrogen) atoms. The van der Waals surface area contributed by atoms with Crippen LogP contribution in [0, 0.1) is 0 Å². The largest absolute Gasteiger partial charge is 0.228 e. The Morgan fingerprint density at radius 1 is 0.377 bits per heavy atom. The Kier molecular flexibility index (Phi) is 6.48. The minimum absolute atomic E-state index is 0.102. The summed E-state index contributed by atoms with van der Waals surface area (Å²) in [4.78, 5) is 13.1. The van der Waals surface area contributed by atoms with Gasteiger partial charge in [-0.25, -0.2) is 9.97 Å². The molecule has 0 N–H and O–H groups in total. The molecular formula is C50H34N2S. The fourth-order valence-corrected chi connectivity index (χ4v) is 10.5. The van der Waals surface area contributed by atoms with Gasteiger partial charge < -0.3 is 0 Å². The Morgan fingerprint density at radius 2 is 0.868 bits per heavy atom. The Morgan fingerprint density at radius 3 is 1.55 bits per heavy atom. The molecule has 2 nitrogen and oxygen atoms in total. The number of nitrogens with zero attached hydrogens (tertiary/aromatic N) is 2. The van der Waals surface area contributed by atoms with Crippen molar-refractivity contribution >= 4 is 11.8 Å². The van der Waals surface area contributed by atoms with Crippen LogP contribution in [0.5, 0.6) is 0 Å². The maximum Gasteiger partial charge on any atom is 0.160 e. The SMILES string of the molecule is CC1(C)c2ccccc2-c2ccc(-c3cc(-c4ccc5c(c4)C4(c6ccccc6S5)c5ccccc5-c5ccccc54)nc(-c4ccccc4)n3)cc21. The van der Waals surface area contributed by atoms with Gasteiger partial charge in [0.15, 0.2) is 5.82 Å². The van der Waals surface area contributed by atoms with Crippen LogP contribution in [-0.4, -0.2) is 9.97 Å². The van der Waals surface area contributed by atoms with E-state index in [1.54, 1.807) is 0 Å². The summed E-state index contributed by atoms with van der Waals surface area (Å²) in [6.07, 6.45) is 0. The van der Waals surface area contributed by atoms with Crippen molar-refractivity contribution in [2.75, 3.05) is 0 Å². The lowest BCUT2D eigenvalue weighted by Gasteiger charge is -2.39. The molecule has 0 unspecified atom stereocenters. The van der Waals surface area contributed by atoms with Crippen molar-refractivity contribution in [3.05, 3.63) is 203 Å². The highest BCUT2D eigenvalue weighted by molar-refractivity contribution is 7.99. The summed E-state index contributed by atoms with van der Waals surface area (Å²) < 4.78 is 0. The van der Waals surface area contributed by atoms with Gasteiger partial charge >= 0.3 is 0 Å². The lowest BCUT2D eigenvalue weighted by Crippen LogP contribution is -2.32. The standard InChI is InChI=1S/C50H34N2S/c1-49(2)38-19-9-6-16-34(38)37-26-24-32(28-42(37)49)44-30-45(52-48(51-44)31-14-4-3-5-15-31)33-25-27-47-43(29-33)50(41-22-12-13-23-46(41)53-47)39-20-10-7-17-35(39)36-18-8-11-21-40(36)50/h3-30H,1-2H3. The van der Waals surface area contributed by atoms with Gasteiger partial charge in [0.05, 0.1) is 16.8 Å². The highest BCUT2D eigenvalue weighted by Crippen LogP contribution is 2.62. The van der Waals surface area contributed by atoms with Crippen LogP contribution in [0.3, 0.4) is 0 Å². The van der Waals surface area contributed by atoms with Gasteiger partial charge in [0.1, 0.15) is 0 Å². The molecule has 250 valence electrons. The summed E-state index contributed by atoms with van der Waals surface area (Å²) in [7, 11) is 0. The molecule has 0 radical (unpaired) electrons. The third-order valence-electron chi connectivity index (χ3n) is 11.8. The zero-order valence-electron chi connectivity index (χ0n) is 29.5. The van der Waals surface area contributed by atoms with Crippen LogP contribution in [0.2, 0.25) is 0 Å². The minimum Gasteiger partial charge on any atom is -0.228 e. The average molecular weight is 695 g/mol. The molecule has 0 saturated carbocycles. The molecule has 0 fully saturated rings. The molecule has 1 aliphatic heterocycles. The average Bonchev–Trinajstić information content (AvgIpc) is 3.64. The predicted octanol–water partition coefficient (Wildman–Crippen LogP) is 12.6. The van der Waals surface area contributed by atoms with E-state index in [4.69, 9.17) is 9.97 Å². The van der Waals surface area contributed by atoms with Crippen molar-refractivity contribution < 1.29 is 0 Å². The molecule has 0 amide bonds. The second kappa shape index (κ2) is 11.2. The van der Waals surface area contributed by atoms with Gasteiger partial charge in [-0.1, -0.05) is 165 Å². The van der Waals surface area contributed by atoms with Gasteiger partial charge in [0, 0.05) is 31.9 Å². The maximum absolute atomic E-state index is 5.31. The van der Waals surface area contributed by atoms with E-state index < -0.39 is 5.41 Å². The van der Waals surface area contributed by atoms with Gasteiger partial charge in [-0.05, 0) is 86.0 Å². The molecule has 0 saturated heterocycles. The van der Waals surface area contributed by atoms with Gasteiger partial charge in [-0.3, -0.25) is 0 Å². The Balaban J connectivity index is 1.14. The summed E-state index contributed by atoms with van der Waals surface area (Å²) in [6, 6.07) is 62.2. The number of rotatable bonds is 3. The van der Waals surface area contributed by atoms with Crippen molar-refractivity contribution in [3.63, 3.8) is 0 Å². The Bertz CT molecular complexity index is 2750. The number of benzene rings is 7. The second-order valence-electron chi connectivity index (χ2n) is 14.9. The predicted molar refractivity (Wildman–Crippen MR) is 217 cm³/mol. The first-order valence-electron chi connectivity index (χ1n) is 18.3. The number of hydrogen-bond acceptors (Lipinski definition) is 3. The smallest absolute Gasteiger partial charge is 0.160 e. The van der Waals surface area contributed by atoms with E-state index in [1.165, 1.54) is 65.4 Å². The van der Waals surface area contributed by atoms with Crippen molar-refractivity contribution in [2.45, 2.75) is 34.5 Å². The summed E-state index contributed by atoms with van der Waals surface area (Å²) in [6.45, 7) is 4.67. The molecule has 3 heteroatoms. The van der Waals surface area contributed by atoms with E-state index in [-0.39, 0.29) is 5.41 Å². The summed E-state index contributed by atoms with van der Waals surface area (Å²) in [5, 5.41) is 0. The molecule has 7 aromatic carbocycles. The molecule has 3 aliphatic rings. The first-order valence-corrected chi connectivity index (χ1v) is 19.1. The normalized spacial score (nSPS) is 14.8. The monoisotopic (exact) mass is 694 g/mol. The second-order valence-corrected chi connectivity index (χ2v) is 16.0. The zero-order valence-corrected chi connectivity index (χ0v) is 30.3. The van der Waals surface area contributed by atoms with Crippen LogP contribution in [0.25, 0.3) is 56.2 Å². The van der Waals surface area contributed by atoms with Crippen LogP contribution in [0.15, 0.2) is 180 Å². The molecule has 0 bridgehead atoms. The number of aromatic nitrogens is 2. The number of fused-ring (bicyclic) bond motifs is 12. The molecular weight excluding hydrogens is 661 g/mol. The van der Waals surface area contributed by atoms with Crippen LogP contribution >= 0.6 is 11.8 Å². The van der Waals surface area contributed by atoms with Crippen molar-refractivity contribution in [2.24, 2.45) is 0 Å². The van der Waals surface area contributed by atoms with Crippen LogP contribution < -0.4 is 0 Å². The van der Waals surface area contributed by atoms with Gasteiger partial charge in [0.25, 0.3) is 0 Å². The van der Waals surface area contributed by atoms with E-state index in [9.17, 15) is 0 Å². The molecule has 11 rings (SSSR count). The third-order valence-corrected chi connectivity index (χ3v) is 12.9. The van der Waals surface area contributed by atoms with Gasteiger partial charge in [-0.2, -0.15) is 0 Å². The molecule has 2 heterocycles. The highest BCUT2D eigenvalue weighted by atomic mass is 32.2. The summed E-state index contributed by atoms with van der Waals surface area (Å²) >= 11 is 1.87. The van der Waals surface area contributed by atoms with E-state index in [2.05, 4.69) is 178 Å². The maximum atomic E-state index is 5.31. The first kappa shape index (κ1) is 30.6. The van der Waals surface area contributed by atoms with Crippen LogP contribution in [-0.2, 0) is 10.8 Å². The zero-order chi connectivity index (χ0) is 35.3. The van der Waals surface area contributed by atoms with E-state index >= 15 is 0 Å². The summed E-state index contributed by atoms with van der Waals surface area (Å²) in [5.74, 6) is 0.727. The summed E-state index contributed by atoms with van der Waals surface area (Å²) in [5.41, 5.74) is 17.7. The molecule has 1 aromatic heterocycles. The van der Waals surface area contributed by atoms with Crippen LogP contribution in [0.1, 0.15) is 47.2 Å². The van der Waals surface area contributed by atoms with Crippen molar-refractivity contribution in [3.8, 4) is 56.2 Å². The fourth-order valence-electron chi connectivity index (χ4n) is 9.34. The Hall–Kier alpha value is -6.03. The van der Waals surface area contributed by atoms with E-state index in [0.29, 0.717) is 0 Å². The van der Waals surface area contributed by atoms with E-state index in [0.717, 1.165) is 33.9 Å². The number of hydrogen-bond donors (Lipinski definition) is 0. The Labute approximate surface area is 314 Å². The van der Waals surface area contributed by atoms with Crippen molar-refractivity contribution in [1.29, 1.82) is 0 Å². The van der Waals surface area contributed by atoms with Gasteiger partial charge in [-0.15, -0.1) is 0 Å². The molecule has 2 aliphatic carbocycles.